The minimum absolute atomic E-state index is 0.00120. The third-order valence-corrected chi connectivity index (χ3v) is 10.3. The largest absolute Gasteiger partial charge is 0.385 e. The summed E-state index contributed by atoms with van der Waals surface area (Å²) in [4.78, 5) is 0. The van der Waals surface area contributed by atoms with Crippen LogP contribution in [-0.2, 0) is 11.2 Å². The van der Waals surface area contributed by atoms with Crippen molar-refractivity contribution in [3.05, 3.63) is 70.3 Å². The number of aryl methyl sites for hydroxylation is 1. The van der Waals surface area contributed by atoms with Gasteiger partial charge in [0, 0.05) is 13.7 Å². The van der Waals surface area contributed by atoms with E-state index in [1.165, 1.54) is 56.9 Å². The van der Waals surface area contributed by atoms with Crippen LogP contribution in [0.3, 0.4) is 0 Å². The molecular weight excluding hydrogens is 498 g/mol. The van der Waals surface area contributed by atoms with Crippen LogP contribution in [0.2, 0.25) is 0 Å². The summed E-state index contributed by atoms with van der Waals surface area (Å²) in [7, 11) is 1.75. The van der Waals surface area contributed by atoms with E-state index in [9.17, 15) is 4.39 Å². The quantitative estimate of drug-likeness (QED) is 0.212. The standard InChI is InChI=1S/C37H54F2O/c1-4-6-7-10-32-20-21-33(25-36(32)38)30-14-12-28(13-15-30)29-16-18-31(19-17-29)35-23-22-34(26-37(35)39)27(9-5-2)11-8-24-40-3/h20-23,25-31H,4-19,24H2,1-3H3. The molecular formula is C37H54F2O. The lowest BCUT2D eigenvalue weighted by atomic mass is 9.67. The Morgan fingerprint density at radius 2 is 1.43 bits per heavy atom. The predicted molar refractivity (Wildman–Crippen MR) is 164 cm³/mol. The lowest BCUT2D eigenvalue weighted by Crippen LogP contribution is -2.25. The van der Waals surface area contributed by atoms with Crippen LogP contribution in [-0.4, -0.2) is 13.7 Å². The number of rotatable bonds is 14. The van der Waals surface area contributed by atoms with Crippen molar-refractivity contribution >= 4 is 0 Å². The maximum atomic E-state index is 15.4. The fraction of sp³-hybridized carbons (Fsp3) is 0.676. The summed E-state index contributed by atoms with van der Waals surface area (Å²) in [5, 5.41) is 0. The molecule has 0 aliphatic heterocycles. The second kappa shape index (κ2) is 16.0. The van der Waals surface area contributed by atoms with E-state index >= 15 is 4.39 Å². The third-order valence-electron chi connectivity index (χ3n) is 10.3. The molecule has 1 atom stereocenters. The Hall–Kier alpha value is -1.74. The van der Waals surface area contributed by atoms with Gasteiger partial charge in [0.15, 0.2) is 0 Å². The van der Waals surface area contributed by atoms with Gasteiger partial charge in [0.05, 0.1) is 0 Å². The topological polar surface area (TPSA) is 9.23 Å². The van der Waals surface area contributed by atoms with E-state index in [1.807, 2.05) is 18.2 Å². The molecule has 2 aromatic rings. The number of hydrogen-bond acceptors (Lipinski definition) is 1. The van der Waals surface area contributed by atoms with Gasteiger partial charge in [-0.15, -0.1) is 0 Å². The van der Waals surface area contributed by atoms with Gasteiger partial charge in [-0.25, -0.2) is 8.78 Å². The molecule has 3 heteroatoms. The van der Waals surface area contributed by atoms with Crippen molar-refractivity contribution in [2.75, 3.05) is 13.7 Å². The van der Waals surface area contributed by atoms with Gasteiger partial charge in [0.2, 0.25) is 0 Å². The highest BCUT2D eigenvalue weighted by Crippen LogP contribution is 2.46. The molecule has 0 saturated heterocycles. The number of hydrogen-bond donors (Lipinski definition) is 0. The number of ether oxygens (including phenoxy) is 1. The summed E-state index contributed by atoms with van der Waals surface area (Å²) in [6.07, 6.45) is 18.1. The van der Waals surface area contributed by atoms with E-state index < -0.39 is 0 Å². The van der Waals surface area contributed by atoms with Crippen LogP contribution in [0.4, 0.5) is 8.78 Å². The summed E-state index contributed by atoms with van der Waals surface area (Å²) in [6, 6.07) is 12.2. The molecule has 0 heterocycles. The van der Waals surface area contributed by atoms with Crippen LogP contribution in [0.5, 0.6) is 0 Å². The van der Waals surface area contributed by atoms with Gasteiger partial charge in [-0.1, -0.05) is 57.4 Å². The van der Waals surface area contributed by atoms with E-state index in [-0.39, 0.29) is 11.6 Å². The van der Waals surface area contributed by atoms with Crippen LogP contribution in [0.1, 0.15) is 150 Å². The highest BCUT2D eigenvalue weighted by Gasteiger charge is 2.32. The van der Waals surface area contributed by atoms with E-state index in [0.717, 1.165) is 86.5 Å². The summed E-state index contributed by atoms with van der Waals surface area (Å²) in [5.41, 5.74) is 4.20. The normalized spacial score (nSPS) is 24.2. The van der Waals surface area contributed by atoms with Crippen molar-refractivity contribution in [3.8, 4) is 0 Å². The van der Waals surface area contributed by atoms with Gasteiger partial charge < -0.3 is 4.74 Å². The Morgan fingerprint density at radius 1 is 0.725 bits per heavy atom. The first-order valence-electron chi connectivity index (χ1n) is 16.6. The Kier molecular flexibility index (Phi) is 12.5. The highest BCUT2D eigenvalue weighted by molar-refractivity contribution is 5.30. The van der Waals surface area contributed by atoms with Gasteiger partial charge in [-0.3, -0.25) is 0 Å². The fourth-order valence-electron chi connectivity index (χ4n) is 7.84. The summed E-state index contributed by atoms with van der Waals surface area (Å²) in [5.74, 6) is 2.86. The zero-order valence-electron chi connectivity index (χ0n) is 25.5. The molecule has 0 spiro atoms. The molecule has 0 radical (unpaired) electrons. The zero-order chi connectivity index (χ0) is 28.3. The monoisotopic (exact) mass is 552 g/mol. The van der Waals surface area contributed by atoms with Crippen LogP contribution in [0.15, 0.2) is 36.4 Å². The highest BCUT2D eigenvalue weighted by atomic mass is 19.1. The molecule has 2 aliphatic rings. The van der Waals surface area contributed by atoms with Crippen LogP contribution >= 0.6 is 0 Å². The third kappa shape index (κ3) is 8.40. The molecule has 1 unspecified atom stereocenters. The van der Waals surface area contributed by atoms with Gasteiger partial charge in [0.1, 0.15) is 11.6 Å². The Bertz CT molecular complexity index is 1020. The molecule has 2 aromatic carbocycles. The van der Waals surface area contributed by atoms with Gasteiger partial charge in [-0.2, -0.15) is 0 Å². The Balaban J connectivity index is 1.26. The summed E-state index contributed by atoms with van der Waals surface area (Å²) in [6.45, 7) is 5.18. The lowest BCUT2D eigenvalue weighted by molar-refractivity contribution is 0.176. The van der Waals surface area contributed by atoms with Gasteiger partial charge >= 0.3 is 0 Å². The van der Waals surface area contributed by atoms with Crippen molar-refractivity contribution in [2.45, 2.75) is 134 Å². The maximum absolute atomic E-state index is 15.4. The van der Waals surface area contributed by atoms with E-state index in [2.05, 4.69) is 32.0 Å². The predicted octanol–water partition coefficient (Wildman–Crippen LogP) is 11.3. The molecule has 4 rings (SSSR count). The number of benzene rings is 2. The van der Waals surface area contributed by atoms with Crippen LogP contribution < -0.4 is 0 Å². The second-order valence-corrected chi connectivity index (χ2v) is 12.9. The average Bonchev–Trinajstić information content (AvgIpc) is 2.98. The van der Waals surface area contributed by atoms with Crippen molar-refractivity contribution in [1.82, 2.24) is 0 Å². The van der Waals surface area contributed by atoms with Crippen LogP contribution in [0.25, 0.3) is 0 Å². The van der Waals surface area contributed by atoms with E-state index in [0.29, 0.717) is 17.8 Å². The lowest BCUT2D eigenvalue weighted by Gasteiger charge is -2.38. The number of methoxy groups -OCH3 is 1. The van der Waals surface area contributed by atoms with Gasteiger partial charge in [0.25, 0.3) is 0 Å². The summed E-state index contributed by atoms with van der Waals surface area (Å²) < 4.78 is 35.3. The smallest absolute Gasteiger partial charge is 0.126 e. The first kappa shape index (κ1) is 31.2. The molecule has 1 nitrogen and oxygen atoms in total. The molecule has 2 fully saturated rings. The number of unbranched alkanes of at least 4 members (excludes halogenated alkanes) is 2. The van der Waals surface area contributed by atoms with Crippen molar-refractivity contribution in [3.63, 3.8) is 0 Å². The number of halogens is 2. The molecule has 2 aliphatic carbocycles. The minimum Gasteiger partial charge on any atom is -0.385 e. The first-order chi connectivity index (χ1) is 19.5. The van der Waals surface area contributed by atoms with Crippen molar-refractivity contribution in [1.29, 1.82) is 0 Å². The molecule has 40 heavy (non-hydrogen) atoms. The summed E-state index contributed by atoms with van der Waals surface area (Å²) >= 11 is 0. The molecule has 2 saturated carbocycles. The first-order valence-corrected chi connectivity index (χ1v) is 16.6. The molecule has 0 bridgehead atoms. The SMILES string of the molecule is CCCCCc1ccc(C2CCC(C3CCC(c4ccc(C(CCC)CCCOC)cc4F)CC3)CC2)cc1F. The Morgan fingerprint density at radius 3 is 2.02 bits per heavy atom. The van der Waals surface area contributed by atoms with Crippen molar-refractivity contribution < 1.29 is 13.5 Å². The average molecular weight is 553 g/mol. The second-order valence-electron chi connectivity index (χ2n) is 12.9. The van der Waals surface area contributed by atoms with Crippen molar-refractivity contribution in [2.24, 2.45) is 11.8 Å². The molecule has 222 valence electrons. The maximum Gasteiger partial charge on any atom is 0.126 e. The zero-order valence-corrected chi connectivity index (χ0v) is 25.5. The van der Waals surface area contributed by atoms with Gasteiger partial charge in [-0.05, 0) is 147 Å². The van der Waals surface area contributed by atoms with Crippen LogP contribution in [0, 0.1) is 23.5 Å². The molecule has 0 aromatic heterocycles. The Labute approximate surface area is 243 Å². The molecule has 0 N–H and O–H groups in total. The minimum atomic E-state index is 0.00120. The van der Waals surface area contributed by atoms with E-state index in [1.54, 1.807) is 7.11 Å². The van der Waals surface area contributed by atoms with E-state index in [4.69, 9.17) is 4.74 Å². The molecule has 0 amide bonds. The fourth-order valence-corrected chi connectivity index (χ4v) is 7.84.